The first kappa shape index (κ1) is 30.9. The number of nitrogens with zero attached hydrogens (tertiary/aromatic N) is 3. The van der Waals surface area contributed by atoms with Gasteiger partial charge in [-0.25, -0.2) is 0 Å². The van der Waals surface area contributed by atoms with Gasteiger partial charge in [0.25, 0.3) is 5.91 Å². The molecule has 1 amide bonds. The molecule has 1 aliphatic carbocycles. The summed E-state index contributed by atoms with van der Waals surface area (Å²) in [5.41, 5.74) is -4.51. The molecule has 5 rings (SSSR count). The van der Waals surface area contributed by atoms with Gasteiger partial charge < -0.3 is 19.5 Å². The molecule has 0 spiro atoms. The van der Waals surface area contributed by atoms with Gasteiger partial charge in [-0.05, 0) is 57.6 Å². The minimum absolute atomic E-state index is 0.0334. The second kappa shape index (κ2) is 11.2. The molecular weight excluding hydrogens is 572 g/mol. The summed E-state index contributed by atoms with van der Waals surface area (Å²) < 4.78 is 92.8. The molecule has 1 N–H and O–H groups in total. The first-order valence-electron chi connectivity index (χ1n) is 14.2. The number of fused-ring (bicyclic) bond motifs is 1. The molecular formula is C28H35F6N3O5. The molecule has 8 nitrogen and oxygen atoms in total. The lowest BCUT2D eigenvalue weighted by Gasteiger charge is -2.49. The van der Waals surface area contributed by atoms with Crippen LogP contribution in [0.4, 0.5) is 26.3 Å². The molecule has 42 heavy (non-hydrogen) atoms. The van der Waals surface area contributed by atoms with E-state index in [9.17, 15) is 35.9 Å². The SMILES string of the molecule is C[C@@H](CC(=O)O)N1CCN([C@@H]2CC[C@@](C(=O)N3COc4c(cc(C(F)(F)F)cc4C(F)(F)F)C3)(C3CC3)OC2)C[C@@H]1C. The van der Waals surface area contributed by atoms with E-state index in [1.807, 2.05) is 6.92 Å². The Morgan fingerprint density at radius 1 is 1.10 bits per heavy atom. The molecule has 1 aromatic carbocycles. The topological polar surface area (TPSA) is 82.6 Å². The van der Waals surface area contributed by atoms with E-state index in [0.29, 0.717) is 38.5 Å². The first-order valence-corrected chi connectivity index (χ1v) is 14.2. The second-order valence-corrected chi connectivity index (χ2v) is 12.0. The van der Waals surface area contributed by atoms with Crippen molar-refractivity contribution < 1.29 is 50.5 Å². The number of carbonyl (C=O) groups excluding carboxylic acids is 1. The number of ether oxygens (including phenoxy) is 2. The van der Waals surface area contributed by atoms with Crippen molar-refractivity contribution in [2.75, 3.05) is 33.0 Å². The van der Waals surface area contributed by atoms with Crippen LogP contribution in [0.25, 0.3) is 0 Å². The molecule has 14 heteroatoms. The van der Waals surface area contributed by atoms with Crippen LogP contribution in [0.1, 0.15) is 62.6 Å². The highest BCUT2D eigenvalue weighted by atomic mass is 19.4. The van der Waals surface area contributed by atoms with Gasteiger partial charge in [-0.15, -0.1) is 0 Å². The molecule has 1 aromatic rings. The Labute approximate surface area is 239 Å². The Bertz CT molecular complexity index is 1200. The van der Waals surface area contributed by atoms with E-state index in [0.717, 1.165) is 17.7 Å². The van der Waals surface area contributed by atoms with E-state index in [4.69, 9.17) is 14.6 Å². The normalized spacial score (nSPS) is 28.6. The lowest BCUT2D eigenvalue weighted by Crippen LogP contribution is -2.62. The molecule has 1 saturated carbocycles. The van der Waals surface area contributed by atoms with Crippen LogP contribution in [0.3, 0.4) is 0 Å². The Kier molecular flexibility index (Phi) is 8.20. The number of hydrogen-bond donors (Lipinski definition) is 1. The van der Waals surface area contributed by atoms with Crippen LogP contribution < -0.4 is 4.74 Å². The third-order valence-electron chi connectivity index (χ3n) is 9.06. The van der Waals surface area contributed by atoms with Gasteiger partial charge in [0, 0.05) is 43.3 Å². The number of carboxylic acids is 1. The largest absolute Gasteiger partial charge is 0.481 e. The third-order valence-corrected chi connectivity index (χ3v) is 9.06. The van der Waals surface area contributed by atoms with Gasteiger partial charge in [-0.1, -0.05) is 0 Å². The highest BCUT2D eigenvalue weighted by molar-refractivity contribution is 5.86. The van der Waals surface area contributed by atoms with E-state index < -0.39 is 60.0 Å². The standard InChI is InChI=1S/C28H35F6N3O5/c1-16(9-23(38)39)37-8-7-35(12-17(37)2)21-5-6-26(42-14-21,19-3-4-19)25(40)36-13-18-10-20(27(29,30)31)11-22(28(32,33)34)24(18)41-15-36/h10-11,16-17,19,21H,3-9,12-15H2,1-2H3,(H,38,39)/t16-,17-,21+,26-/m0/s1. The molecule has 0 aromatic heterocycles. The summed E-state index contributed by atoms with van der Waals surface area (Å²) in [6.45, 7) is 5.37. The fraction of sp³-hybridized carbons (Fsp3) is 0.714. The number of amides is 1. The number of carbonyl (C=O) groups is 2. The van der Waals surface area contributed by atoms with E-state index >= 15 is 0 Å². The van der Waals surface area contributed by atoms with Gasteiger partial charge in [0.1, 0.15) is 11.4 Å². The van der Waals surface area contributed by atoms with Crippen molar-refractivity contribution in [3.63, 3.8) is 0 Å². The van der Waals surface area contributed by atoms with E-state index in [1.54, 1.807) is 0 Å². The summed E-state index contributed by atoms with van der Waals surface area (Å²) >= 11 is 0. The average Bonchev–Trinajstić information content (AvgIpc) is 3.76. The monoisotopic (exact) mass is 607 g/mol. The molecule has 4 atom stereocenters. The maximum atomic E-state index is 13.9. The molecule has 4 aliphatic rings. The Hall–Kier alpha value is -2.58. The number of aliphatic carboxylic acids is 1. The second-order valence-electron chi connectivity index (χ2n) is 12.0. The molecule has 234 valence electrons. The van der Waals surface area contributed by atoms with Gasteiger partial charge in [0.05, 0.1) is 30.7 Å². The van der Waals surface area contributed by atoms with Crippen LogP contribution in [0, 0.1) is 5.92 Å². The van der Waals surface area contributed by atoms with Crippen molar-refractivity contribution in [2.24, 2.45) is 5.92 Å². The smallest absolute Gasteiger partial charge is 0.419 e. The third kappa shape index (κ3) is 6.07. The van der Waals surface area contributed by atoms with Crippen LogP contribution in [-0.4, -0.2) is 88.4 Å². The molecule has 0 radical (unpaired) electrons. The highest BCUT2D eigenvalue weighted by Gasteiger charge is 2.56. The van der Waals surface area contributed by atoms with Crippen molar-refractivity contribution in [3.8, 4) is 5.75 Å². The highest BCUT2D eigenvalue weighted by Crippen LogP contribution is 2.49. The van der Waals surface area contributed by atoms with Crippen molar-refractivity contribution in [2.45, 2.75) is 88.6 Å². The van der Waals surface area contributed by atoms with Crippen LogP contribution in [-0.2, 0) is 33.2 Å². The van der Waals surface area contributed by atoms with Gasteiger partial charge in [0.15, 0.2) is 6.73 Å². The number of rotatable bonds is 6. The van der Waals surface area contributed by atoms with Crippen molar-refractivity contribution in [3.05, 3.63) is 28.8 Å². The van der Waals surface area contributed by atoms with Crippen LogP contribution in [0.15, 0.2) is 12.1 Å². The predicted molar refractivity (Wildman–Crippen MR) is 136 cm³/mol. The summed E-state index contributed by atoms with van der Waals surface area (Å²) in [5.74, 6) is -2.08. The molecule has 2 saturated heterocycles. The number of carboxylic acid groups (broad SMARTS) is 1. The summed E-state index contributed by atoms with van der Waals surface area (Å²) in [5, 5.41) is 9.15. The van der Waals surface area contributed by atoms with E-state index in [2.05, 4.69) is 16.7 Å². The Morgan fingerprint density at radius 2 is 1.81 bits per heavy atom. The van der Waals surface area contributed by atoms with Crippen LogP contribution >= 0.6 is 0 Å². The number of halogens is 6. The lowest BCUT2D eigenvalue weighted by molar-refractivity contribution is -0.181. The summed E-state index contributed by atoms with van der Waals surface area (Å²) in [6.07, 6.45) is -7.50. The van der Waals surface area contributed by atoms with Crippen molar-refractivity contribution in [1.82, 2.24) is 14.7 Å². The minimum Gasteiger partial charge on any atom is -0.481 e. The summed E-state index contributed by atoms with van der Waals surface area (Å²) in [4.78, 5) is 30.6. The molecule has 3 aliphatic heterocycles. The minimum atomic E-state index is -5.06. The Balaban J connectivity index is 1.28. The van der Waals surface area contributed by atoms with Crippen LogP contribution in [0.5, 0.6) is 5.75 Å². The van der Waals surface area contributed by atoms with Gasteiger partial charge in [-0.3, -0.25) is 19.4 Å². The Morgan fingerprint density at radius 3 is 2.36 bits per heavy atom. The molecule has 3 heterocycles. The zero-order valence-corrected chi connectivity index (χ0v) is 23.4. The van der Waals surface area contributed by atoms with Gasteiger partial charge in [-0.2, -0.15) is 26.3 Å². The fourth-order valence-corrected chi connectivity index (χ4v) is 6.78. The maximum Gasteiger partial charge on any atom is 0.419 e. The molecule has 0 unspecified atom stereocenters. The van der Waals surface area contributed by atoms with Gasteiger partial charge in [0.2, 0.25) is 0 Å². The first-order chi connectivity index (χ1) is 19.6. The fourth-order valence-electron chi connectivity index (χ4n) is 6.78. The number of piperazine rings is 1. The zero-order chi connectivity index (χ0) is 30.6. The number of benzene rings is 1. The molecule has 3 fully saturated rings. The number of hydrogen-bond acceptors (Lipinski definition) is 6. The zero-order valence-electron chi connectivity index (χ0n) is 23.4. The van der Waals surface area contributed by atoms with Crippen LogP contribution in [0.2, 0.25) is 0 Å². The average molecular weight is 608 g/mol. The quantitative estimate of drug-likeness (QED) is 0.474. The van der Waals surface area contributed by atoms with Crippen molar-refractivity contribution in [1.29, 1.82) is 0 Å². The lowest BCUT2D eigenvalue weighted by atomic mass is 9.85. The van der Waals surface area contributed by atoms with Crippen molar-refractivity contribution >= 4 is 11.9 Å². The molecule has 0 bridgehead atoms. The van der Waals surface area contributed by atoms with Gasteiger partial charge >= 0.3 is 18.3 Å². The van der Waals surface area contributed by atoms with E-state index in [-0.39, 0.29) is 48.7 Å². The predicted octanol–water partition coefficient (Wildman–Crippen LogP) is 4.60. The number of alkyl halides is 6. The van der Waals surface area contributed by atoms with E-state index in [1.165, 1.54) is 0 Å². The summed E-state index contributed by atoms with van der Waals surface area (Å²) in [6, 6.07) is 0.715. The maximum absolute atomic E-state index is 13.9. The summed E-state index contributed by atoms with van der Waals surface area (Å²) in [7, 11) is 0.